The Balaban J connectivity index is 1.62. The first-order valence-corrected chi connectivity index (χ1v) is 11.2. The Kier molecular flexibility index (Phi) is 8.03. The Morgan fingerprint density at radius 2 is 1.54 bits per heavy atom. The first kappa shape index (κ1) is 26.1. The van der Waals surface area contributed by atoms with Crippen LogP contribution < -0.4 is 10.6 Å². The number of hydrogen-bond donors (Lipinski definition) is 3. The predicted octanol–water partition coefficient (Wildman–Crippen LogP) is 4.32. The van der Waals surface area contributed by atoms with E-state index in [-0.39, 0.29) is 24.9 Å². The molecule has 1 aliphatic rings. The van der Waals surface area contributed by atoms with Crippen LogP contribution in [0.4, 0.5) is 18.0 Å². The molecule has 35 heavy (non-hydrogen) atoms. The molecular weight excluding hydrogens is 465 g/mol. The highest BCUT2D eigenvalue weighted by molar-refractivity contribution is 5.86. The molecule has 1 aliphatic carbocycles. The highest BCUT2D eigenvalue weighted by Gasteiger charge is 2.46. The summed E-state index contributed by atoms with van der Waals surface area (Å²) in [7, 11) is 0. The van der Waals surface area contributed by atoms with Crippen molar-refractivity contribution in [3.8, 4) is 11.1 Å². The van der Waals surface area contributed by atoms with E-state index in [1.165, 1.54) is 0 Å². The van der Waals surface area contributed by atoms with Crippen molar-refractivity contribution >= 4 is 18.0 Å². The number of halogens is 3. The molecule has 2 aromatic rings. The van der Waals surface area contributed by atoms with Crippen LogP contribution in [-0.4, -0.2) is 48.4 Å². The minimum atomic E-state index is -5.00. The number of carbonyl (C=O) groups excluding carboxylic acids is 2. The van der Waals surface area contributed by atoms with Gasteiger partial charge in [0.15, 0.2) is 5.92 Å². The van der Waals surface area contributed by atoms with Crippen molar-refractivity contribution in [2.45, 2.75) is 38.4 Å². The molecule has 188 valence electrons. The molecule has 0 saturated carbocycles. The van der Waals surface area contributed by atoms with E-state index in [1.807, 2.05) is 59.2 Å². The van der Waals surface area contributed by atoms with E-state index in [0.717, 1.165) is 22.3 Å². The van der Waals surface area contributed by atoms with Gasteiger partial charge in [0.25, 0.3) is 0 Å². The van der Waals surface area contributed by atoms with Gasteiger partial charge in [-0.25, -0.2) is 9.59 Å². The lowest BCUT2D eigenvalue weighted by atomic mass is 9.98. The largest absolute Gasteiger partial charge is 0.480 e. The van der Waals surface area contributed by atoms with Gasteiger partial charge in [-0.05, 0) is 34.6 Å². The molecule has 0 radical (unpaired) electrons. The van der Waals surface area contributed by atoms with Crippen LogP contribution in [-0.2, 0) is 14.3 Å². The molecule has 10 heteroatoms. The normalized spacial score (nSPS) is 14.6. The van der Waals surface area contributed by atoms with Crippen LogP contribution in [0.3, 0.4) is 0 Å². The Hall–Kier alpha value is -3.56. The van der Waals surface area contributed by atoms with Crippen LogP contribution in [0.5, 0.6) is 0 Å². The van der Waals surface area contributed by atoms with Gasteiger partial charge in [-0.1, -0.05) is 62.4 Å². The number of ether oxygens (including phenoxy) is 1. The van der Waals surface area contributed by atoms with E-state index in [4.69, 9.17) is 4.74 Å². The maximum absolute atomic E-state index is 13.5. The van der Waals surface area contributed by atoms with Crippen LogP contribution in [0.15, 0.2) is 48.5 Å². The summed E-state index contributed by atoms with van der Waals surface area (Å²) in [6.07, 6.45) is -6.14. The number of hydrogen-bond acceptors (Lipinski definition) is 4. The lowest BCUT2D eigenvalue weighted by Gasteiger charge is -2.23. The fraction of sp³-hybridized carbons (Fsp3) is 0.400. The van der Waals surface area contributed by atoms with E-state index in [1.54, 1.807) is 13.8 Å². The number of alkyl halides is 3. The summed E-state index contributed by atoms with van der Waals surface area (Å²) in [6, 6.07) is 13.7. The molecule has 0 spiro atoms. The first-order valence-electron chi connectivity index (χ1n) is 11.2. The summed E-state index contributed by atoms with van der Waals surface area (Å²) in [6.45, 7) is 2.18. The zero-order valence-corrected chi connectivity index (χ0v) is 19.3. The van der Waals surface area contributed by atoms with Crippen molar-refractivity contribution in [2.75, 3.05) is 13.2 Å². The van der Waals surface area contributed by atoms with Crippen LogP contribution >= 0.6 is 0 Å². The number of benzene rings is 2. The van der Waals surface area contributed by atoms with Crippen molar-refractivity contribution < 1.29 is 37.4 Å². The third-order valence-corrected chi connectivity index (χ3v) is 5.83. The zero-order chi connectivity index (χ0) is 25.8. The molecule has 2 atom stereocenters. The second-order valence-corrected chi connectivity index (χ2v) is 8.83. The summed E-state index contributed by atoms with van der Waals surface area (Å²) in [5.41, 5.74) is 3.89. The fourth-order valence-electron chi connectivity index (χ4n) is 4.16. The van der Waals surface area contributed by atoms with Gasteiger partial charge in [0, 0.05) is 12.5 Å². The average molecular weight is 492 g/mol. The summed E-state index contributed by atoms with van der Waals surface area (Å²) < 4.78 is 45.7. The monoisotopic (exact) mass is 492 g/mol. The quantitative estimate of drug-likeness (QED) is 0.484. The Morgan fingerprint density at radius 1 is 1.00 bits per heavy atom. The van der Waals surface area contributed by atoms with E-state index < -0.39 is 42.7 Å². The molecule has 2 aromatic carbocycles. The summed E-state index contributed by atoms with van der Waals surface area (Å²) in [5, 5.41) is 13.1. The number of carboxylic acid groups (broad SMARTS) is 1. The van der Waals surface area contributed by atoms with E-state index in [2.05, 4.69) is 0 Å². The Morgan fingerprint density at radius 3 is 2.03 bits per heavy atom. The molecule has 0 aromatic heterocycles. The van der Waals surface area contributed by atoms with Crippen molar-refractivity contribution in [2.24, 2.45) is 11.8 Å². The van der Waals surface area contributed by atoms with E-state index in [0.29, 0.717) is 0 Å². The molecule has 0 fully saturated rings. The number of amides is 2. The standard InChI is InChI=1S/C25H27F3N2O5/c1-14(2)11-21(23(32)33)30-22(31)20(25(26,27)28)12-29-24(34)35-13-19-17-9-5-3-7-15(17)16-8-4-6-10-18(16)19/h3-10,14,19-21H,11-13H2,1-2H3,(H,29,34)(H,30,31)(H,32,33)/t20?,21-/m0/s1. The molecule has 2 amide bonds. The third-order valence-electron chi connectivity index (χ3n) is 5.83. The van der Waals surface area contributed by atoms with Gasteiger partial charge in [0.05, 0.1) is 0 Å². The van der Waals surface area contributed by atoms with Crippen molar-refractivity contribution in [1.29, 1.82) is 0 Å². The second kappa shape index (κ2) is 10.8. The maximum Gasteiger partial charge on any atom is 0.407 e. The van der Waals surface area contributed by atoms with Crippen molar-refractivity contribution in [3.63, 3.8) is 0 Å². The average Bonchev–Trinajstić information content (AvgIpc) is 3.10. The number of fused-ring (bicyclic) bond motifs is 3. The van der Waals surface area contributed by atoms with Gasteiger partial charge in [0.1, 0.15) is 12.6 Å². The van der Waals surface area contributed by atoms with E-state index >= 15 is 0 Å². The fourth-order valence-corrected chi connectivity index (χ4v) is 4.16. The highest BCUT2D eigenvalue weighted by atomic mass is 19.4. The van der Waals surface area contributed by atoms with Crippen LogP contribution in [0.1, 0.15) is 37.3 Å². The first-order chi connectivity index (χ1) is 16.5. The number of carboxylic acids is 1. The predicted molar refractivity (Wildman–Crippen MR) is 122 cm³/mol. The lowest BCUT2D eigenvalue weighted by molar-refractivity contribution is -0.182. The molecule has 0 heterocycles. The molecule has 1 unspecified atom stereocenters. The lowest BCUT2D eigenvalue weighted by Crippen LogP contribution is -2.51. The summed E-state index contributed by atoms with van der Waals surface area (Å²) in [4.78, 5) is 35.8. The third kappa shape index (κ3) is 6.32. The van der Waals surface area contributed by atoms with Crippen molar-refractivity contribution in [1.82, 2.24) is 10.6 Å². The topological polar surface area (TPSA) is 105 Å². The molecule has 3 rings (SSSR count). The number of carbonyl (C=O) groups is 3. The van der Waals surface area contributed by atoms with Crippen LogP contribution in [0.2, 0.25) is 0 Å². The molecule has 0 aliphatic heterocycles. The highest BCUT2D eigenvalue weighted by Crippen LogP contribution is 2.44. The molecule has 0 bridgehead atoms. The zero-order valence-electron chi connectivity index (χ0n) is 19.3. The maximum atomic E-state index is 13.5. The van der Waals surface area contributed by atoms with E-state index in [9.17, 15) is 32.7 Å². The van der Waals surface area contributed by atoms with Gasteiger partial charge in [-0.2, -0.15) is 13.2 Å². The minimum Gasteiger partial charge on any atom is -0.480 e. The number of nitrogens with one attached hydrogen (secondary N) is 2. The van der Waals surface area contributed by atoms with Gasteiger partial charge in [-0.15, -0.1) is 0 Å². The smallest absolute Gasteiger partial charge is 0.407 e. The number of alkyl carbamates (subject to hydrolysis) is 1. The SMILES string of the molecule is CC(C)C[C@H](NC(=O)C(CNC(=O)OCC1c2ccccc2-c2ccccc21)C(F)(F)F)C(=O)O. The van der Waals surface area contributed by atoms with Crippen LogP contribution in [0, 0.1) is 11.8 Å². The summed E-state index contributed by atoms with van der Waals surface area (Å²) in [5.74, 6) is -6.03. The van der Waals surface area contributed by atoms with Gasteiger partial charge in [-0.3, -0.25) is 4.79 Å². The number of aliphatic carboxylic acids is 1. The molecular formula is C25H27F3N2O5. The summed E-state index contributed by atoms with van der Waals surface area (Å²) >= 11 is 0. The van der Waals surface area contributed by atoms with Crippen molar-refractivity contribution in [3.05, 3.63) is 59.7 Å². The number of rotatable bonds is 9. The van der Waals surface area contributed by atoms with Crippen LogP contribution in [0.25, 0.3) is 11.1 Å². The molecule has 0 saturated heterocycles. The van der Waals surface area contributed by atoms with Gasteiger partial charge >= 0.3 is 18.2 Å². The molecule has 7 nitrogen and oxygen atoms in total. The van der Waals surface area contributed by atoms with Gasteiger partial charge < -0.3 is 20.5 Å². The van der Waals surface area contributed by atoms with Gasteiger partial charge in [0.2, 0.25) is 5.91 Å². The Labute approximate surface area is 200 Å². The Bertz CT molecular complexity index is 1040. The minimum absolute atomic E-state index is 0.0363. The second-order valence-electron chi connectivity index (χ2n) is 8.83. The molecule has 3 N–H and O–H groups in total.